The van der Waals surface area contributed by atoms with Crippen molar-refractivity contribution in [2.45, 2.75) is 74.8 Å². The van der Waals surface area contributed by atoms with Crippen LogP contribution in [-0.4, -0.2) is 109 Å². The summed E-state index contributed by atoms with van der Waals surface area (Å²) in [6, 6.07) is 0. The van der Waals surface area contributed by atoms with Gasteiger partial charge in [0.1, 0.15) is 36.6 Å². The second kappa shape index (κ2) is 10.6. The third-order valence-corrected chi connectivity index (χ3v) is 5.87. The third-order valence-electron chi connectivity index (χ3n) is 5.87. The first-order valence-electron chi connectivity index (χ1n) is 10.0. The largest absolute Gasteiger partial charge is 0.472 e. The average molecular weight is 450 g/mol. The zero-order valence-corrected chi connectivity index (χ0v) is 16.7. The van der Waals surface area contributed by atoms with E-state index in [1.54, 1.807) is 0 Å². The van der Waals surface area contributed by atoms with E-state index in [4.69, 9.17) is 18.6 Å². The summed E-state index contributed by atoms with van der Waals surface area (Å²) in [5.41, 5.74) is 1.06. The minimum absolute atomic E-state index is 0.0352. The minimum Gasteiger partial charge on any atom is -0.472 e. The highest BCUT2D eigenvalue weighted by Gasteiger charge is 2.44. The van der Waals surface area contributed by atoms with Crippen LogP contribution in [0.25, 0.3) is 0 Å². The fourth-order valence-corrected chi connectivity index (χ4v) is 3.80. The minimum atomic E-state index is -1.56. The van der Waals surface area contributed by atoms with Gasteiger partial charge in [-0.1, -0.05) is 0 Å². The Morgan fingerprint density at radius 1 is 0.742 bits per heavy atom. The first-order chi connectivity index (χ1) is 14.8. The molecule has 1 saturated heterocycles. The normalized spacial score (nSPS) is 41.4. The Kier molecular flexibility index (Phi) is 8.40. The lowest BCUT2D eigenvalue weighted by Gasteiger charge is -2.39. The van der Waals surface area contributed by atoms with Crippen molar-refractivity contribution in [1.29, 1.82) is 0 Å². The van der Waals surface area contributed by atoms with Gasteiger partial charge in [0.2, 0.25) is 0 Å². The number of rotatable bonds is 8. The number of furan rings is 1. The van der Waals surface area contributed by atoms with Gasteiger partial charge in [-0.25, -0.2) is 0 Å². The van der Waals surface area contributed by atoms with Crippen LogP contribution in [0.15, 0.2) is 16.9 Å². The van der Waals surface area contributed by atoms with E-state index in [9.17, 15) is 40.9 Å². The molecule has 1 aliphatic heterocycles. The van der Waals surface area contributed by atoms with Crippen LogP contribution >= 0.6 is 0 Å². The van der Waals surface area contributed by atoms with Gasteiger partial charge < -0.3 is 59.5 Å². The number of ether oxygens (including phenoxy) is 3. The van der Waals surface area contributed by atoms with Crippen molar-refractivity contribution in [3.8, 4) is 0 Å². The van der Waals surface area contributed by atoms with E-state index in [-0.39, 0.29) is 26.2 Å². The smallest absolute Gasteiger partial charge is 0.187 e. The molecule has 4 unspecified atom stereocenters. The molecule has 1 aromatic heterocycles. The lowest BCUT2D eigenvalue weighted by Crippen LogP contribution is -2.59. The number of hydrogen-bond donors (Lipinski definition) is 8. The third kappa shape index (κ3) is 5.26. The van der Waals surface area contributed by atoms with E-state index >= 15 is 0 Å². The summed E-state index contributed by atoms with van der Waals surface area (Å²) in [6.07, 6.45) is -8.95. The van der Waals surface area contributed by atoms with Crippen LogP contribution < -0.4 is 0 Å². The van der Waals surface area contributed by atoms with E-state index in [0.29, 0.717) is 11.1 Å². The highest BCUT2D eigenvalue weighted by molar-refractivity contribution is 5.19. The van der Waals surface area contributed by atoms with Crippen LogP contribution in [0.3, 0.4) is 0 Å². The molecule has 1 saturated carbocycles. The summed E-state index contributed by atoms with van der Waals surface area (Å²) < 4.78 is 21.6. The summed E-state index contributed by atoms with van der Waals surface area (Å²) in [5, 5.41) is 78.2. The van der Waals surface area contributed by atoms with Crippen molar-refractivity contribution >= 4 is 0 Å². The van der Waals surface area contributed by atoms with Gasteiger partial charge in [-0.3, -0.25) is 0 Å². The summed E-state index contributed by atoms with van der Waals surface area (Å²) in [6.45, 7) is -1.10. The second-order valence-corrected chi connectivity index (χ2v) is 7.93. The number of aliphatic hydroxyl groups is 8. The molecule has 0 radical (unpaired) electrons. The van der Waals surface area contributed by atoms with Crippen LogP contribution in [0.2, 0.25) is 0 Å². The van der Waals surface area contributed by atoms with Gasteiger partial charge in [0.15, 0.2) is 6.29 Å². The van der Waals surface area contributed by atoms with Crippen molar-refractivity contribution in [3.63, 3.8) is 0 Å². The highest BCUT2D eigenvalue weighted by Crippen LogP contribution is 2.29. The van der Waals surface area contributed by atoms with Gasteiger partial charge in [0, 0.05) is 23.7 Å². The molecule has 10 atom stereocenters. The maximum atomic E-state index is 10.1. The fourth-order valence-electron chi connectivity index (χ4n) is 3.80. The first kappa shape index (κ1) is 24.5. The topological polar surface area (TPSA) is 203 Å². The number of hydrogen-bond acceptors (Lipinski definition) is 12. The van der Waals surface area contributed by atoms with Gasteiger partial charge in [-0.15, -0.1) is 0 Å². The molecule has 2 aliphatic rings. The van der Waals surface area contributed by atoms with E-state index in [0.717, 1.165) is 0 Å². The molecular weight excluding hydrogens is 420 g/mol. The molecule has 0 bridgehead atoms. The van der Waals surface area contributed by atoms with E-state index in [2.05, 4.69) is 0 Å². The number of aliphatic hydroxyl groups excluding tert-OH is 8. The molecule has 12 nitrogen and oxygen atoms in total. The van der Waals surface area contributed by atoms with Gasteiger partial charge in [0.05, 0.1) is 44.6 Å². The molecule has 8 N–H and O–H groups in total. The van der Waals surface area contributed by atoms with Crippen LogP contribution in [-0.2, 0) is 27.4 Å². The molecule has 1 aromatic rings. The molecule has 178 valence electrons. The van der Waals surface area contributed by atoms with Gasteiger partial charge in [-0.2, -0.15) is 0 Å². The second-order valence-electron chi connectivity index (χ2n) is 7.93. The molecule has 2 fully saturated rings. The average Bonchev–Trinajstić information content (AvgIpc) is 3.22. The van der Waals surface area contributed by atoms with Crippen LogP contribution in [0.5, 0.6) is 0 Å². The first-order valence-corrected chi connectivity index (χ1v) is 10.0. The SMILES string of the molecule is OCC1C[C@@H](OCc2cocc2CO[C@@H]2OC(CO)[C@H](O)[C@H](O)C2O)C(O)[C@@H](O)[C@H]1O. The Hall–Kier alpha value is -1.16. The summed E-state index contributed by atoms with van der Waals surface area (Å²) in [4.78, 5) is 0. The Balaban J connectivity index is 1.56. The molecule has 12 heteroatoms. The Morgan fingerprint density at radius 3 is 1.97 bits per heavy atom. The Labute approximate surface area is 177 Å². The van der Waals surface area contributed by atoms with Crippen LogP contribution in [0, 0.1) is 5.92 Å². The maximum Gasteiger partial charge on any atom is 0.187 e. The standard InChI is InChI=1S/C19H30O12/c20-2-8-1-11(14(23)16(25)13(8)22)29-6-9-4-28-5-10(9)7-30-19-18(27)17(26)15(24)12(3-21)31-19/h4-5,8,11-27H,1-3,6-7H2/t8?,11-,12?,13+,14?,15+,16+,17+,18?,19-/m1/s1. The van der Waals surface area contributed by atoms with E-state index in [1.165, 1.54) is 12.5 Å². The predicted molar refractivity (Wildman–Crippen MR) is 99.1 cm³/mol. The summed E-state index contributed by atoms with van der Waals surface area (Å²) in [7, 11) is 0. The van der Waals surface area contributed by atoms with Crippen LogP contribution in [0.1, 0.15) is 17.5 Å². The zero-order chi connectivity index (χ0) is 22.7. The van der Waals surface area contributed by atoms with Crippen molar-refractivity contribution in [3.05, 3.63) is 23.7 Å². The van der Waals surface area contributed by atoms with Gasteiger partial charge >= 0.3 is 0 Å². The fraction of sp³-hybridized carbons (Fsp3) is 0.789. The molecule has 3 rings (SSSR count). The van der Waals surface area contributed by atoms with E-state index < -0.39 is 67.6 Å². The maximum absolute atomic E-state index is 10.1. The summed E-state index contributed by atoms with van der Waals surface area (Å²) >= 11 is 0. The van der Waals surface area contributed by atoms with Crippen molar-refractivity contribution < 1.29 is 59.5 Å². The molecule has 0 aromatic carbocycles. The van der Waals surface area contributed by atoms with E-state index in [1.807, 2.05) is 0 Å². The summed E-state index contributed by atoms with van der Waals surface area (Å²) in [5.74, 6) is -0.637. The lowest BCUT2D eigenvalue weighted by atomic mass is 9.81. The monoisotopic (exact) mass is 450 g/mol. The lowest BCUT2D eigenvalue weighted by molar-refractivity contribution is -0.304. The Bertz CT molecular complexity index is 624. The molecule has 0 spiro atoms. The quantitative estimate of drug-likeness (QED) is 0.195. The van der Waals surface area contributed by atoms with Gasteiger partial charge in [-0.05, 0) is 6.42 Å². The van der Waals surface area contributed by atoms with Crippen molar-refractivity contribution in [2.75, 3.05) is 13.2 Å². The predicted octanol–water partition coefficient (Wildman–Crippen LogP) is -3.42. The zero-order valence-electron chi connectivity index (χ0n) is 16.7. The molecular formula is C19H30O12. The van der Waals surface area contributed by atoms with Gasteiger partial charge in [0.25, 0.3) is 0 Å². The molecule has 2 heterocycles. The molecule has 31 heavy (non-hydrogen) atoms. The van der Waals surface area contributed by atoms with Crippen LogP contribution in [0.4, 0.5) is 0 Å². The molecule has 1 aliphatic carbocycles. The Morgan fingerprint density at radius 2 is 1.35 bits per heavy atom. The molecule has 0 amide bonds. The highest BCUT2D eigenvalue weighted by atomic mass is 16.7. The van der Waals surface area contributed by atoms with Crippen molar-refractivity contribution in [2.24, 2.45) is 5.92 Å². The van der Waals surface area contributed by atoms with Crippen molar-refractivity contribution in [1.82, 2.24) is 0 Å².